The first kappa shape index (κ1) is 9.28. The lowest BCUT2D eigenvalue weighted by Crippen LogP contribution is -2.02. The highest BCUT2D eigenvalue weighted by molar-refractivity contribution is 5.83. The minimum atomic E-state index is -0.273. The van der Waals surface area contributed by atoms with E-state index < -0.39 is 0 Å². The highest BCUT2D eigenvalue weighted by atomic mass is 16.5. The number of nitrogens with zero attached hydrogens (tertiary/aromatic N) is 1. The monoisotopic (exact) mass is 201 g/mol. The lowest BCUT2D eigenvalue weighted by atomic mass is 10.2. The predicted octanol–water partition coefficient (Wildman–Crippen LogP) is 1.67. The van der Waals surface area contributed by atoms with Gasteiger partial charge in [-0.3, -0.25) is 4.79 Å². The predicted molar refractivity (Wildman–Crippen MR) is 53.8 cm³/mol. The van der Waals surface area contributed by atoms with Gasteiger partial charge in [-0.1, -0.05) is 6.07 Å². The molecule has 0 aliphatic heterocycles. The molecule has 0 aliphatic rings. The Bertz CT molecular complexity index is 607. The molecule has 1 aromatic carbocycles. The lowest BCUT2D eigenvalue weighted by molar-refractivity contribution is 0.418. The lowest BCUT2D eigenvalue weighted by Gasteiger charge is -2.02. The first-order valence-corrected chi connectivity index (χ1v) is 4.27. The molecule has 0 spiro atoms. The van der Waals surface area contributed by atoms with Gasteiger partial charge in [-0.2, -0.15) is 5.26 Å². The summed E-state index contributed by atoms with van der Waals surface area (Å²) in [5, 5.41) is 8.99. The minimum Gasteiger partial charge on any atom is -0.496 e. The normalized spacial score (nSPS) is 9.87. The maximum atomic E-state index is 11.6. The van der Waals surface area contributed by atoms with Crippen LogP contribution < -0.4 is 10.2 Å². The first-order chi connectivity index (χ1) is 7.26. The molecule has 4 nitrogen and oxygen atoms in total. The van der Waals surface area contributed by atoms with Crippen LogP contribution in [0.25, 0.3) is 11.0 Å². The third-order valence-electron chi connectivity index (χ3n) is 2.05. The van der Waals surface area contributed by atoms with E-state index >= 15 is 0 Å². The molecule has 15 heavy (non-hydrogen) atoms. The highest BCUT2D eigenvalue weighted by Crippen LogP contribution is 2.22. The van der Waals surface area contributed by atoms with Crippen LogP contribution in [-0.4, -0.2) is 7.11 Å². The standard InChI is InChI=1S/C11H7NO3/c1-14-9-3-2-4-10-11(9)8(13)5-7(6-12)15-10/h2-5H,1H3. The van der Waals surface area contributed by atoms with Gasteiger partial charge < -0.3 is 9.15 Å². The Morgan fingerprint density at radius 3 is 2.93 bits per heavy atom. The zero-order valence-electron chi connectivity index (χ0n) is 7.98. The van der Waals surface area contributed by atoms with E-state index in [-0.39, 0.29) is 11.2 Å². The Labute approximate surface area is 85.3 Å². The van der Waals surface area contributed by atoms with E-state index in [4.69, 9.17) is 14.4 Å². The number of hydrogen-bond acceptors (Lipinski definition) is 4. The minimum absolute atomic E-state index is 0.000697. The number of fused-ring (bicyclic) bond motifs is 1. The molecule has 1 heterocycles. The molecule has 2 aromatic rings. The fourth-order valence-corrected chi connectivity index (χ4v) is 1.40. The van der Waals surface area contributed by atoms with Crippen molar-refractivity contribution < 1.29 is 9.15 Å². The Kier molecular flexibility index (Phi) is 2.14. The van der Waals surface area contributed by atoms with E-state index in [1.807, 2.05) is 0 Å². The van der Waals surface area contributed by atoms with Crippen LogP contribution in [0.2, 0.25) is 0 Å². The van der Waals surface area contributed by atoms with E-state index in [0.29, 0.717) is 16.7 Å². The van der Waals surface area contributed by atoms with Gasteiger partial charge >= 0.3 is 0 Å². The SMILES string of the molecule is COc1cccc2oc(C#N)cc(=O)c12. The van der Waals surface area contributed by atoms with E-state index in [0.717, 1.165) is 6.07 Å². The number of nitriles is 1. The summed E-state index contributed by atoms with van der Waals surface area (Å²) in [6.07, 6.45) is 0. The molecule has 0 atom stereocenters. The molecule has 0 fully saturated rings. The van der Waals surface area contributed by atoms with Crippen LogP contribution in [-0.2, 0) is 0 Å². The Morgan fingerprint density at radius 2 is 2.27 bits per heavy atom. The van der Waals surface area contributed by atoms with Gasteiger partial charge in [0.2, 0.25) is 5.76 Å². The molecule has 74 valence electrons. The molecule has 0 unspecified atom stereocenters. The van der Waals surface area contributed by atoms with Crippen molar-refractivity contribution in [1.29, 1.82) is 5.26 Å². The van der Waals surface area contributed by atoms with Crippen LogP contribution in [0.5, 0.6) is 5.75 Å². The molecule has 0 saturated heterocycles. The maximum absolute atomic E-state index is 11.6. The average Bonchev–Trinajstić information content (AvgIpc) is 2.27. The van der Waals surface area contributed by atoms with Crippen molar-refractivity contribution in [3.8, 4) is 11.8 Å². The van der Waals surface area contributed by atoms with Gasteiger partial charge in [0.25, 0.3) is 0 Å². The van der Waals surface area contributed by atoms with E-state index in [2.05, 4.69) is 0 Å². The molecular formula is C11H7NO3. The van der Waals surface area contributed by atoms with Gasteiger partial charge in [-0.05, 0) is 12.1 Å². The highest BCUT2D eigenvalue weighted by Gasteiger charge is 2.08. The van der Waals surface area contributed by atoms with Crippen LogP contribution >= 0.6 is 0 Å². The number of benzene rings is 1. The van der Waals surface area contributed by atoms with Crippen molar-refractivity contribution in [2.24, 2.45) is 0 Å². The number of methoxy groups -OCH3 is 1. The zero-order chi connectivity index (χ0) is 10.8. The van der Waals surface area contributed by atoms with Crippen molar-refractivity contribution in [3.05, 3.63) is 40.2 Å². The van der Waals surface area contributed by atoms with Crippen LogP contribution in [0.15, 0.2) is 33.5 Å². The number of ether oxygens (including phenoxy) is 1. The van der Waals surface area contributed by atoms with E-state index in [9.17, 15) is 4.79 Å². The zero-order valence-corrected chi connectivity index (χ0v) is 7.98. The first-order valence-electron chi connectivity index (χ1n) is 4.27. The summed E-state index contributed by atoms with van der Waals surface area (Å²) >= 11 is 0. The number of hydrogen-bond donors (Lipinski definition) is 0. The van der Waals surface area contributed by atoms with Gasteiger partial charge in [0.05, 0.1) is 7.11 Å². The molecule has 0 aliphatic carbocycles. The number of rotatable bonds is 1. The second-order valence-corrected chi connectivity index (χ2v) is 2.92. The van der Waals surface area contributed by atoms with Crippen molar-refractivity contribution in [1.82, 2.24) is 0 Å². The topological polar surface area (TPSA) is 63.2 Å². The second-order valence-electron chi connectivity index (χ2n) is 2.92. The smallest absolute Gasteiger partial charge is 0.207 e. The third-order valence-corrected chi connectivity index (χ3v) is 2.05. The summed E-state index contributed by atoms with van der Waals surface area (Å²) in [6.45, 7) is 0. The molecule has 0 N–H and O–H groups in total. The Balaban J connectivity index is 2.92. The van der Waals surface area contributed by atoms with Gasteiger partial charge in [0.15, 0.2) is 5.43 Å². The maximum Gasteiger partial charge on any atom is 0.207 e. The van der Waals surface area contributed by atoms with Crippen molar-refractivity contribution in [2.75, 3.05) is 7.11 Å². The molecule has 0 radical (unpaired) electrons. The van der Waals surface area contributed by atoms with Crippen LogP contribution in [0.4, 0.5) is 0 Å². The Hall–Kier alpha value is -2.28. The largest absolute Gasteiger partial charge is 0.496 e. The molecule has 2 rings (SSSR count). The fraction of sp³-hybridized carbons (Fsp3) is 0.0909. The molecule has 0 saturated carbocycles. The molecular weight excluding hydrogens is 194 g/mol. The summed E-state index contributed by atoms with van der Waals surface area (Å²) < 4.78 is 10.2. The van der Waals surface area contributed by atoms with Gasteiger partial charge in [-0.15, -0.1) is 0 Å². The van der Waals surface area contributed by atoms with Crippen LogP contribution in [0.3, 0.4) is 0 Å². The van der Waals surface area contributed by atoms with Crippen LogP contribution in [0.1, 0.15) is 5.76 Å². The average molecular weight is 201 g/mol. The molecule has 1 aromatic heterocycles. The van der Waals surface area contributed by atoms with Gasteiger partial charge in [0, 0.05) is 6.07 Å². The molecule has 0 bridgehead atoms. The quantitative estimate of drug-likeness (QED) is 0.704. The molecule has 4 heteroatoms. The Morgan fingerprint density at radius 1 is 1.47 bits per heavy atom. The van der Waals surface area contributed by atoms with E-state index in [1.54, 1.807) is 24.3 Å². The van der Waals surface area contributed by atoms with Gasteiger partial charge in [0.1, 0.15) is 22.8 Å². The second kappa shape index (κ2) is 3.46. The van der Waals surface area contributed by atoms with Crippen molar-refractivity contribution in [3.63, 3.8) is 0 Å². The van der Waals surface area contributed by atoms with Crippen molar-refractivity contribution >= 4 is 11.0 Å². The third kappa shape index (κ3) is 1.44. The summed E-state index contributed by atoms with van der Waals surface area (Å²) in [5.41, 5.74) is 0.0867. The molecule has 0 amide bonds. The van der Waals surface area contributed by atoms with E-state index in [1.165, 1.54) is 7.11 Å². The van der Waals surface area contributed by atoms with Crippen LogP contribution in [0, 0.1) is 11.3 Å². The summed E-state index contributed by atoms with van der Waals surface area (Å²) in [4.78, 5) is 11.6. The van der Waals surface area contributed by atoms with Gasteiger partial charge in [-0.25, -0.2) is 0 Å². The van der Waals surface area contributed by atoms with Crippen molar-refractivity contribution in [2.45, 2.75) is 0 Å². The summed E-state index contributed by atoms with van der Waals surface area (Å²) in [7, 11) is 1.48. The summed E-state index contributed by atoms with van der Waals surface area (Å²) in [6, 6.07) is 7.94. The fourth-order valence-electron chi connectivity index (χ4n) is 1.40. The summed E-state index contributed by atoms with van der Waals surface area (Å²) in [5.74, 6) is 0.450.